The molecule has 0 radical (unpaired) electrons. The molecule has 3 nitrogen and oxygen atoms in total. The average Bonchev–Trinajstić information content (AvgIpc) is 0.811. The Morgan fingerprint density at radius 2 is 0.714 bits per heavy atom. The molecule has 0 heterocycles. The summed E-state index contributed by atoms with van der Waals surface area (Å²) >= 11 is -4.10. The maximum atomic E-state index is 9.73. The Morgan fingerprint density at radius 3 is 0.714 bits per heavy atom. The van der Waals surface area contributed by atoms with Crippen LogP contribution in [0.25, 0.3) is 0 Å². The molecule has 0 spiro atoms. The molecule has 0 fully saturated rings. The van der Waals surface area contributed by atoms with E-state index in [1.807, 2.05) is 0 Å². The summed E-state index contributed by atoms with van der Waals surface area (Å²) in [4.78, 5) is 0. The van der Waals surface area contributed by atoms with E-state index in [1.165, 1.54) is 0 Å². The standard InChI is InChI=1S/Co.3FH.3H2O/h;3*1H;3*1H2/q+3;;;;;;/p-3. The third kappa shape index (κ3) is 3460. The van der Waals surface area contributed by atoms with Gasteiger partial charge in [-0.25, -0.2) is 0 Å². The molecule has 7 heteroatoms. The van der Waals surface area contributed by atoms with Crippen LogP contribution in [-0.4, -0.2) is 16.4 Å². The Balaban J connectivity index is -0.0000000150. The van der Waals surface area contributed by atoms with Crippen molar-refractivity contribution in [3.63, 3.8) is 0 Å². The molecular formula is H6CoF3O3. The van der Waals surface area contributed by atoms with E-state index in [9.17, 15) is 10.7 Å². The normalized spacial score (nSPS) is 6.43. The SMILES string of the molecule is O.O.O.[F][Co]([F])[F]. The summed E-state index contributed by atoms with van der Waals surface area (Å²) in [6.45, 7) is 0. The Labute approximate surface area is 43.2 Å². The first-order chi connectivity index (χ1) is 1.73. The Hall–Kier alpha value is 0.176. The van der Waals surface area contributed by atoms with Crippen molar-refractivity contribution in [1.82, 2.24) is 0 Å². The van der Waals surface area contributed by atoms with Crippen LogP contribution in [0.15, 0.2) is 0 Å². The van der Waals surface area contributed by atoms with Gasteiger partial charge in [0.05, 0.1) is 0 Å². The fraction of sp³-hybridized carbons (Fsp3) is 0. The fourth-order valence-corrected chi connectivity index (χ4v) is 0. The molecule has 0 unspecified atom stereocenters. The fourth-order valence-electron chi connectivity index (χ4n) is 0. The average molecular weight is 170 g/mol. The van der Waals surface area contributed by atoms with Gasteiger partial charge in [0.2, 0.25) is 0 Å². The molecule has 0 aromatic rings. The number of halogens is 3. The summed E-state index contributed by atoms with van der Waals surface area (Å²) in [5.74, 6) is 0. The molecule has 0 aromatic heterocycles. The number of hydrogen-bond acceptors (Lipinski definition) is 0. The van der Waals surface area contributed by atoms with Gasteiger partial charge < -0.3 is 16.4 Å². The summed E-state index contributed by atoms with van der Waals surface area (Å²) in [6.07, 6.45) is 0. The predicted molar refractivity (Wildman–Crippen MR) is 14.2 cm³/mol. The van der Waals surface area contributed by atoms with Crippen molar-refractivity contribution in [2.75, 3.05) is 0 Å². The monoisotopic (exact) mass is 170 g/mol. The second-order valence-corrected chi connectivity index (χ2v) is 0.589. The van der Waals surface area contributed by atoms with E-state index in [-0.39, 0.29) is 16.4 Å². The topological polar surface area (TPSA) is 94.5 Å². The van der Waals surface area contributed by atoms with Crippen molar-refractivity contribution < 1.29 is 42.2 Å². The van der Waals surface area contributed by atoms with E-state index in [4.69, 9.17) is 0 Å². The van der Waals surface area contributed by atoms with Crippen LogP contribution in [-0.2, 0) is 15.0 Å². The second-order valence-electron chi connectivity index (χ2n) is 0.143. The summed E-state index contributed by atoms with van der Waals surface area (Å²) in [7, 11) is 0. The molecule has 0 aliphatic carbocycles. The Bertz CT molecular complexity index is 14.9. The molecule has 0 saturated heterocycles. The maximum absolute atomic E-state index is 9.73. The van der Waals surface area contributed by atoms with Crippen molar-refractivity contribution in [2.24, 2.45) is 0 Å². The molecule has 54 valence electrons. The van der Waals surface area contributed by atoms with Gasteiger partial charge in [0.25, 0.3) is 0 Å². The van der Waals surface area contributed by atoms with Crippen molar-refractivity contribution in [3.8, 4) is 0 Å². The van der Waals surface area contributed by atoms with Crippen LogP contribution in [0.4, 0.5) is 10.7 Å². The van der Waals surface area contributed by atoms with Crippen molar-refractivity contribution >= 4 is 0 Å². The van der Waals surface area contributed by atoms with Crippen LogP contribution < -0.4 is 0 Å². The van der Waals surface area contributed by atoms with Gasteiger partial charge in [0.15, 0.2) is 0 Å². The zero-order valence-corrected chi connectivity index (χ0v) is 4.01. The molecular weight excluding hydrogens is 164 g/mol. The van der Waals surface area contributed by atoms with Gasteiger partial charge in [-0.2, -0.15) is 0 Å². The molecule has 0 aromatic carbocycles. The first-order valence-corrected chi connectivity index (χ1v) is 1.56. The quantitative estimate of drug-likeness (QED) is 0.435. The number of hydrogen-bond donors (Lipinski definition) is 0. The third-order valence-electron chi connectivity index (χ3n) is 0. The molecule has 0 aliphatic heterocycles. The summed E-state index contributed by atoms with van der Waals surface area (Å²) in [5, 5.41) is 0. The number of rotatable bonds is 0. The van der Waals surface area contributed by atoms with Crippen molar-refractivity contribution in [2.45, 2.75) is 0 Å². The van der Waals surface area contributed by atoms with Gasteiger partial charge in [-0.05, 0) is 0 Å². The van der Waals surface area contributed by atoms with E-state index >= 15 is 0 Å². The molecule has 6 N–H and O–H groups in total. The molecule has 0 rings (SSSR count). The molecule has 0 atom stereocenters. The summed E-state index contributed by atoms with van der Waals surface area (Å²) in [5.41, 5.74) is 0. The van der Waals surface area contributed by atoms with E-state index in [0.717, 1.165) is 0 Å². The minimum atomic E-state index is -4.10. The van der Waals surface area contributed by atoms with Gasteiger partial charge in [0.1, 0.15) is 0 Å². The van der Waals surface area contributed by atoms with Crippen LogP contribution in [0.2, 0.25) is 0 Å². The van der Waals surface area contributed by atoms with Gasteiger partial charge in [0, 0.05) is 0 Å². The van der Waals surface area contributed by atoms with Crippen molar-refractivity contribution in [1.29, 1.82) is 0 Å². The van der Waals surface area contributed by atoms with Crippen LogP contribution in [0, 0.1) is 0 Å². The van der Waals surface area contributed by atoms with E-state index in [0.29, 0.717) is 0 Å². The third-order valence-corrected chi connectivity index (χ3v) is 0. The Kier molecular flexibility index (Phi) is 63.6. The van der Waals surface area contributed by atoms with E-state index in [1.54, 1.807) is 0 Å². The first kappa shape index (κ1) is 27.1. The molecule has 0 bridgehead atoms. The molecule has 0 amide bonds. The van der Waals surface area contributed by atoms with E-state index in [2.05, 4.69) is 0 Å². The van der Waals surface area contributed by atoms with Crippen molar-refractivity contribution in [3.05, 3.63) is 0 Å². The van der Waals surface area contributed by atoms with Gasteiger partial charge in [-0.3, -0.25) is 0 Å². The molecule has 0 saturated carbocycles. The van der Waals surface area contributed by atoms with Gasteiger partial charge in [-0.1, -0.05) is 0 Å². The molecule has 7 heavy (non-hydrogen) atoms. The Morgan fingerprint density at radius 1 is 0.714 bits per heavy atom. The zero-order chi connectivity index (χ0) is 3.58. The molecule has 0 aliphatic rings. The zero-order valence-electron chi connectivity index (χ0n) is 2.97. The van der Waals surface area contributed by atoms with Crippen LogP contribution >= 0.6 is 0 Å². The van der Waals surface area contributed by atoms with Crippen LogP contribution in [0.1, 0.15) is 0 Å². The van der Waals surface area contributed by atoms with E-state index < -0.39 is 15.0 Å². The summed E-state index contributed by atoms with van der Waals surface area (Å²) < 4.78 is 29.2. The van der Waals surface area contributed by atoms with Crippen LogP contribution in [0.5, 0.6) is 0 Å². The van der Waals surface area contributed by atoms with Gasteiger partial charge >= 0.3 is 25.7 Å². The minimum absolute atomic E-state index is 0. The van der Waals surface area contributed by atoms with Crippen LogP contribution in [0.3, 0.4) is 0 Å². The predicted octanol–water partition coefficient (Wildman–Crippen LogP) is -1.22. The second kappa shape index (κ2) is 16.4. The van der Waals surface area contributed by atoms with Gasteiger partial charge in [-0.15, -0.1) is 0 Å². The first-order valence-electron chi connectivity index (χ1n) is 0.378. The summed E-state index contributed by atoms with van der Waals surface area (Å²) in [6, 6.07) is 0.